The lowest BCUT2D eigenvalue weighted by atomic mass is 10.1. The highest BCUT2D eigenvalue weighted by Gasteiger charge is 2.32. The lowest BCUT2D eigenvalue weighted by Crippen LogP contribution is -2.58. The summed E-state index contributed by atoms with van der Waals surface area (Å²) in [5.41, 5.74) is 4.97. The van der Waals surface area contributed by atoms with Crippen LogP contribution in [0.1, 0.15) is 32.6 Å². The lowest BCUT2D eigenvalue weighted by Gasteiger charge is -2.24. The topological polar surface area (TPSA) is 171 Å². The Morgan fingerprint density at radius 2 is 1.96 bits per heavy atom. The number of carboxylic acids is 1. The van der Waals surface area contributed by atoms with Gasteiger partial charge in [0.05, 0.1) is 12.1 Å². The van der Waals surface area contributed by atoms with Gasteiger partial charge in [0, 0.05) is 6.42 Å². The second-order valence-corrected chi connectivity index (χ2v) is 5.78. The molecule has 0 spiro atoms. The molecule has 10 heteroatoms. The Kier molecular flexibility index (Phi) is 7.59. The largest absolute Gasteiger partial charge is 0.480 e. The standard InChI is InChI=1S/C14H24N4O6/c1-7(19)11(18-12(21)8-3-2-6-16-8)13(22)17-9(14(23)24)4-5-10(15)20/h7-9,11,16,19H,2-6H2,1H3,(H2,15,20)(H,17,22)(H,18,21)(H,23,24). The summed E-state index contributed by atoms with van der Waals surface area (Å²) in [6.07, 6.45) is -0.162. The number of hydrogen-bond acceptors (Lipinski definition) is 6. The highest BCUT2D eigenvalue weighted by molar-refractivity contribution is 5.92. The van der Waals surface area contributed by atoms with Gasteiger partial charge in [0.25, 0.3) is 0 Å². The molecule has 4 atom stereocenters. The number of aliphatic hydroxyl groups excluding tert-OH is 1. The summed E-state index contributed by atoms with van der Waals surface area (Å²) in [4.78, 5) is 46.2. The molecule has 1 aliphatic heterocycles. The number of carboxylic acid groups (broad SMARTS) is 1. The lowest BCUT2D eigenvalue weighted by molar-refractivity contribution is -0.143. The second-order valence-electron chi connectivity index (χ2n) is 5.78. The highest BCUT2D eigenvalue weighted by atomic mass is 16.4. The number of hydrogen-bond donors (Lipinski definition) is 6. The maximum Gasteiger partial charge on any atom is 0.326 e. The van der Waals surface area contributed by atoms with Crippen LogP contribution in [-0.4, -0.2) is 64.7 Å². The molecule has 0 aromatic carbocycles. The number of carbonyl (C=O) groups excluding carboxylic acids is 3. The fourth-order valence-electron chi connectivity index (χ4n) is 2.37. The van der Waals surface area contributed by atoms with Gasteiger partial charge in [-0.3, -0.25) is 14.4 Å². The van der Waals surface area contributed by atoms with Gasteiger partial charge in [-0.1, -0.05) is 0 Å². The third kappa shape index (κ3) is 6.13. The van der Waals surface area contributed by atoms with Gasteiger partial charge in [-0.25, -0.2) is 4.79 Å². The Morgan fingerprint density at radius 3 is 2.42 bits per heavy atom. The molecule has 10 nitrogen and oxygen atoms in total. The molecule has 0 aliphatic carbocycles. The minimum absolute atomic E-state index is 0.180. The fourth-order valence-corrected chi connectivity index (χ4v) is 2.37. The van der Waals surface area contributed by atoms with E-state index in [4.69, 9.17) is 10.8 Å². The fraction of sp³-hybridized carbons (Fsp3) is 0.714. The zero-order valence-electron chi connectivity index (χ0n) is 13.4. The molecule has 3 amide bonds. The number of carbonyl (C=O) groups is 4. The Hall–Kier alpha value is -2.20. The Balaban J connectivity index is 2.68. The molecule has 0 bridgehead atoms. The molecule has 0 aromatic heterocycles. The van der Waals surface area contributed by atoms with E-state index in [2.05, 4.69) is 16.0 Å². The summed E-state index contributed by atoms with van der Waals surface area (Å²) in [5, 5.41) is 26.4. The van der Waals surface area contributed by atoms with Crippen molar-refractivity contribution in [2.45, 2.75) is 56.8 Å². The molecule has 7 N–H and O–H groups in total. The maximum absolute atomic E-state index is 12.2. The van der Waals surface area contributed by atoms with Gasteiger partial charge in [-0.05, 0) is 32.7 Å². The van der Waals surface area contributed by atoms with Crippen LogP contribution in [0.4, 0.5) is 0 Å². The highest BCUT2D eigenvalue weighted by Crippen LogP contribution is 2.06. The molecule has 1 rings (SSSR count). The van der Waals surface area contributed by atoms with E-state index in [1.807, 2.05) is 0 Å². The average molecular weight is 344 g/mol. The molecule has 24 heavy (non-hydrogen) atoms. The Morgan fingerprint density at radius 1 is 1.29 bits per heavy atom. The molecule has 1 heterocycles. The first-order chi connectivity index (χ1) is 11.2. The minimum Gasteiger partial charge on any atom is -0.480 e. The molecule has 0 radical (unpaired) electrons. The van der Waals surface area contributed by atoms with Crippen LogP contribution in [0.15, 0.2) is 0 Å². The van der Waals surface area contributed by atoms with Crippen molar-refractivity contribution in [3.63, 3.8) is 0 Å². The minimum atomic E-state index is -1.34. The normalized spacial score (nSPS) is 20.7. The number of primary amides is 1. The molecule has 1 aliphatic rings. The van der Waals surface area contributed by atoms with Crippen molar-refractivity contribution < 1.29 is 29.4 Å². The van der Waals surface area contributed by atoms with Crippen molar-refractivity contribution in [3.8, 4) is 0 Å². The van der Waals surface area contributed by atoms with Crippen LogP contribution in [0, 0.1) is 0 Å². The van der Waals surface area contributed by atoms with Gasteiger partial charge in [0.1, 0.15) is 12.1 Å². The van der Waals surface area contributed by atoms with E-state index in [1.54, 1.807) is 0 Å². The van der Waals surface area contributed by atoms with Crippen molar-refractivity contribution in [2.24, 2.45) is 5.73 Å². The number of aliphatic carboxylic acids is 1. The number of rotatable bonds is 9. The van der Waals surface area contributed by atoms with Crippen molar-refractivity contribution in [1.82, 2.24) is 16.0 Å². The summed E-state index contributed by atoms with van der Waals surface area (Å²) in [6, 6.07) is -3.08. The predicted octanol–water partition coefficient (Wildman–Crippen LogP) is -2.56. The zero-order valence-corrected chi connectivity index (χ0v) is 13.4. The number of amides is 3. The van der Waals surface area contributed by atoms with Gasteiger partial charge in [-0.15, -0.1) is 0 Å². The van der Waals surface area contributed by atoms with Crippen LogP contribution >= 0.6 is 0 Å². The van der Waals surface area contributed by atoms with E-state index in [9.17, 15) is 24.3 Å². The van der Waals surface area contributed by atoms with Crippen LogP contribution in [-0.2, 0) is 19.2 Å². The third-order valence-electron chi connectivity index (χ3n) is 3.73. The summed E-state index contributed by atoms with van der Waals surface area (Å²) >= 11 is 0. The zero-order chi connectivity index (χ0) is 18.3. The van der Waals surface area contributed by atoms with E-state index in [-0.39, 0.29) is 12.8 Å². The average Bonchev–Trinajstić information content (AvgIpc) is 3.02. The van der Waals surface area contributed by atoms with Crippen LogP contribution < -0.4 is 21.7 Å². The first-order valence-corrected chi connectivity index (χ1v) is 7.75. The molecule has 4 unspecified atom stereocenters. The van der Waals surface area contributed by atoms with Crippen molar-refractivity contribution >= 4 is 23.7 Å². The molecule has 0 aromatic rings. The van der Waals surface area contributed by atoms with Crippen molar-refractivity contribution in [3.05, 3.63) is 0 Å². The van der Waals surface area contributed by atoms with Crippen LogP contribution in [0.3, 0.4) is 0 Å². The third-order valence-corrected chi connectivity index (χ3v) is 3.73. The number of nitrogens with two attached hydrogens (primary N) is 1. The van der Waals surface area contributed by atoms with Gasteiger partial charge >= 0.3 is 5.97 Å². The Bertz CT molecular complexity index is 490. The molecular formula is C14H24N4O6. The summed E-state index contributed by atoms with van der Waals surface area (Å²) in [5.74, 6) is -3.30. The Labute approximate surface area is 139 Å². The van der Waals surface area contributed by atoms with E-state index in [1.165, 1.54) is 6.92 Å². The quantitative estimate of drug-likeness (QED) is 0.267. The van der Waals surface area contributed by atoms with Crippen molar-refractivity contribution in [1.29, 1.82) is 0 Å². The first kappa shape index (κ1) is 19.8. The molecule has 136 valence electrons. The second kappa shape index (κ2) is 9.18. The molecule has 0 saturated carbocycles. The van der Waals surface area contributed by atoms with E-state index in [0.717, 1.165) is 6.42 Å². The van der Waals surface area contributed by atoms with Gasteiger partial charge in [-0.2, -0.15) is 0 Å². The smallest absolute Gasteiger partial charge is 0.326 e. The molecule has 1 saturated heterocycles. The molecular weight excluding hydrogens is 320 g/mol. The van der Waals surface area contributed by atoms with Crippen LogP contribution in [0.5, 0.6) is 0 Å². The summed E-state index contributed by atoms with van der Waals surface area (Å²) < 4.78 is 0. The van der Waals surface area contributed by atoms with E-state index in [0.29, 0.717) is 13.0 Å². The monoisotopic (exact) mass is 344 g/mol. The van der Waals surface area contributed by atoms with Gasteiger partial charge < -0.3 is 31.9 Å². The number of nitrogens with one attached hydrogen (secondary N) is 3. The van der Waals surface area contributed by atoms with Crippen LogP contribution in [0.25, 0.3) is 0 Å². The molecule has 1 fully saturated rings. The summed E-state index contributed by atoms with van der Waals surface area (Å²) in [7, 11) is 0. The van der Waals surface area contributed by atoms with Crippen LogP contribution in [0.2, 0.25) is 0 Å². The van der Waals surface area contributed by atoms with Gasteiger partial charge in [0.15, 0.2) is 0 Å². The first-order valence-electron chi connectivity index (χ1n) is 7.75. The predicted molar refractivity (Wildman–Crippen MR) is 82.6 cm³/mol. The van der Waals surface area contributed by atoms with E-state index < -0.39 is 47.9 Å². The maximum atomic E-state index is 12.2. The van der Waals surface area contributed by atoms with Gasteiger partial charge in [0.2, 0.25) is 17.7 Å². The van der Waals surface area contributed by atoms with E-state index >= 15 is 0 Å². The summed E-state index contributed by atoms with van der Waals surface area (Å²) in [6.45, 7) is 2.00. The van der Waals surface area contributed by atoms with Crippen molar-refractivity contribution in [2.75, 3.05) is 6.54 Å². The SMILES string of the molecule is CC(O)C(NC(=O)C1CCCN1)C(=O)NC(CCC(N)=O)C(=O)O. The number of aliphatic hydroxyl groups is 1.